The van der Waals surface area contributed by atoms with E-state index in [2.05, 4.69) is 10.6 Å². The van der Waals surface area contributed by atoms with Crippen molar-refractivity contribution in [3.05, 3.63) is 29.3 Å². The lowest BCUT2D eigenvalue weighted by molar-refractivity contribution is -0.122. The van der Waals surface area contributed by atoms with Crippen LogP contribution in [0.15, 0.2) is 18.2 Å². The van der Waals surface area contributed by atoms with Gasteiger partial charge >= 0.3 is 0 Å². The first-order chi connectivity index (χ1) is 9.31. The lowest BCUT2D eigenvalue weighted by atomic mass is 10.1. The zero-order chi connectivity index (χ0) is 15.3. The molecule has 0 aliphatic rings. The quantitative estimate of drug-likeness (QED) is 0.713. The maximum Gasteiger partial charge on any atom is 0.251 e. The first-order valence-corrected chi connectivity index (χ1v) is 6.76. The molecule has 0 aliphatic heterocycles. The molecule has 110 valence electrons. The Kier molecular flexibility index (Phi) is 5.55. The van der Waals surface area contributed by atoms with Gasteiger partial charge in [0, 0.05) is 17.8 Å². The van der Waals surface area contributed by atoms with Crippen molar-refractivity contribution in [3.63, 3.8) is 0 Å². The van der Waals surface area contributed by atoms with Gasteiger partial charge in [-0.2, -0.15) is 0 Å². The monoisotopic (exact) mass is 277 g/mol. The molecule has 1 unspecified atom stereocenters. The predicted octanol–water partition coefficient (Wildman–Crippen LogP) is 1.47. The molecule has 0 saturated carbocycles. The number of hydrogen-bond acceptors (Lipinski definition) is 3. The highest BCUT2D eigenvalue weighted by Crippen LogP contribution is 2.12. The molecule has 5 heteroatoms. The molecule has 0 saturated heterocycles. The second kappa shape index (κ2) is 6.93. The Balaban J connectivity index is 2.60. The molecular formula is C15H23N3O2. The predicted molar refractivity (Wildman–Crippen MR) is 80.4 cm³/mol. The SMILES string of the molecule is Cc1cc(C(=O)NC(C)C(=O)NCC(C)C)ccc1N. The molecule has 0 fully saturated rings. The van der Waals surface area contributed by atoms with Crippen LogP contribution in [-0.2, 0) is 4.79 Å². The summed E-state index contributed by atoms with van der Waals surface area (Å²) in [7, 11) is 0. The molecule has 0 aromatic heterocycles. The second-order valence-corrected chi connectivity index (χ2v) is 5.41. The fourth-order valence-electron chi connectivity index (χ4n) is 1.62. The fourth-order valence-corrected chi connectivity index (χ4v) is 1.62. The Bertz CT molecular complexity index is 498. The zero-order valence-corrected chi connectivity index (χ0v) is 12.5. The summed E-state index contributed by atoms with van der Waals surface area (Å²) in [6, 6.07) is 4.48. The topological polar surface area (TPSA) is 84.2 Å². The summed E-state index contributed by atoms with van der Waals surface area (Å²) >= 11 is 0. The van der Waals surface area contributed by atoms with Gasteiger partial charge in [0.1, 0.15) is 6.04 Å². The van der Waals surface area contributed by atoms with E-state index in [0.29, 0.717) is 23.7 Å². The van der Waals surface area contributed by atoms with E-state index in [0.717, 1.165) is 5.56 Å². The van der Waals surface area contributed by atoms with Gasteiger partial charge in [-0.15, -0.1) is 0 Å². The number of hydrogen-bond donors (Lipinski definition) is 3. The smallest absolute Gasteiger partial charge is 0.251 e. The van der Waals surface area contributed by atoms with Crippen LogP contribution in [0.5, 0.6) is 0 Å². The van der Waals surface area contributed by atoms with Gasteiger partial charge < -0.3 is 16.4 Å². The molecule has 0 heterocycles. The molecule has 0 radical (unpaired) electrons. The standard InChI is InChI=1S/C15H23N3O2/c1-9(2)8-17-14(19)11(4)18-15(20)12-5-6-13(16)10(3)7-12/h5-7,9,11H,8,16H2,1-4H3,(H,17,19)(H,18,20). The first kappa shape index (κ1) is 16.0. The van der Waals surface area contributed by atoms with Crippen LogP contribution in [0.1, 0.15) is 36.7 Å². The molecule has 0 bridgehead atoms. The molecule has 0 spiro atoms. The second-order valence-electron chi connectivity index (χ2n) is 5.41. The van der Waals surface area contributed by atoms with Crippen molar-refractivity contribution in [2.45, 2.75) is 33.7 Å². The van der Waals surface area contributed by atoms with Crippen molar-refractivity contribution in [3.8, 4) is 0 Å². The maximum atomic E-state index is 12.0. The number of nitrogens with one attached hydrogen (secondary N) is 2. The minimum atomic E-state index is -0.570. The van der Waals surface area contributed by atoms with Crippen molar-refractivity contribution in [2.24, 2.45) is 5.92 Å². The lowest BCUT2D eigenvalue weighted by Crippen LogP contribution is -2.45. The molecule has 1 aromatic carbocycles. The van der Waals surface area contributed by atoms with E-state index >= 15 is 0 Å². The largest absolute Gasteiger partial charge is 0.399 e. The van der Waals surface area contributed by atoms with Crippen LogP contribution in [0.4, 0.5) is 5.69 Å². The number of carbonyl (C=O) groups excluding carboxylic acids is 2. The van der Waals surface area contributed by atoms with E-state index in [1.165, 1.54) is 0 Å². The molecule has 5 nitrogen and oxygen atoms in total. The third kappa shape index (κ3) is 4.57. The van der Waals surface area contributed by atoms with E-state index < -0.39 is 6.04 Å². The molecule has 2 amide bonds. The number of carbonyl (C=O) groups is 2. The van der Waals surface area contributed by atoms with Crippen LogP contribution < -0.4 is 16.4 Å². The minimum absolute atomic E-state index is 0.181. The number of nitrogens with two attached hydrogens (primary N) is 1. The van der Waals surface area contributed by atoms with Gasteiger partial charge in [0.05, 0.1) is 0 Å². The average molecular weight is 277 g/mol. The molecule has 20 heavy (non-hydrogen) atoms. The summed E-state index contributed by atoms with van der Waals surface area (Å²) in [4.78, 5) is 23.8. The molecule has 0 aliphatic carbocycles. The number of anilines is 1. The van der Waals surface area contributed by atoms with Crippen LogP contribution in [0, 0.1) is 12.8 Å². The van der Waals surface area contributed by atoms with Crippen LogP contribution in [0.25, 0.3) is 0 Å². The van der Waals surface area contributed by atoms with Gasteiger partial charge in [-0.05, 0) is 43.5 Å². The van der Waals surface area contributed by atoms with Crippen LogP contribution in [0.3, 0.4) is 0 Å². The third-order valence-electron chi connectivity index (χ3n) is 2.96. The Morgan fingerprint density at radius 1 is 1.25 bits per heavy atom. The van der Waals surface area contributed by atoms with Crippen LogP contribution in [-0.4, -0.2) is 24.4 Å². The van der Waals surface area contributed by atoms with Crippen molar-refractivity contribution < 1.29 is 9.59 Å². The van der Waals surface area contributed by atoms with Crippen molar-refractivity contribution in [2.75, 3.05) is 12.3 Å². The molecule has 1 atom stereocenters. The van der Waals surface area contributed by atoms with Gasteiger partial charge in [-0.25, -0.2) is 0 Å². The van der Waals surface area contributed by atoms with Gasteiger partial charge in [0.2, 0.25) is 5.91 Å². The molecule has 4 N–H and O–H groups in total. The number of nitrogen functional groups attached to an aromatic ring is 1. The minimum Gasteiger partial charge on any atom is -0.399 e. The number of benzene rings is 1. The van der Waals surface area contributed by atoms with Crippen molar-refractivity contribution in [1.29, 1.82) is 0 Å². The zero-order valence-electron chi connectivity index (χ0n) is 12.5. The van der Waals surface area contributed by atoms with E-state index in [1.54, 1.807) is 25.1 Å². The maximum absolute atomic E-state index is 12.0. The summed E-state index contributed by atoms with van der Waals surface area (Å²) in [6.45, 7) is 8.13. The fraction of sp³-hybridized carbons (Fsp3) is 0.467. The van der Waals surface area contributed by atoms with E-state index in [1.807, 2.05) is 20.8 Å². The van der Waals surface area contributed by atoms with Crippen LogP contribution >= 0.6 is 0 Å². The van der Waals surface area contributed by atoms with Crippen molar-refractivity contribution in [1.82, 2.24) is 10.6 Å². The summed E-state index contributed by atoms with van der Waals surface area (Å²) in [5, 5.41) is 5.46. The summed E-state index contributed by atoms with van der Waals surface area (Å²) in [5.74, 6) is -0.0823. The van der Waals surface area contributed by atoms with Gasteiger partial charge in [-0.3, -0.25) is 9.59 Å². The highest BCUT2D eigenvalue weighted by molar-refractivity contribution is 5.97. The Hall–Kier alpha value is -2.04. The van der Waals surface area contributed by atoms with E-state index in [9.17, 15) is 9.59 Å². The summed E-state index contributed by atoms with van der Waals surface area (Å²) < 4.78 is 0. The summed E-state index contributed by atoms with van der Waals surface area (Å²) in [6.07, 6.45) is 0. The molecular weight excluding hydrogens is 254 g/mol. The first-order valence-electron chi connectivity index (χ1n) is 6.76. The average Bonchev–Trinajstić information content (AvgIpc) is 2.38. The van der Waals surface area contributed by atoms with Gasteiger partial charge in [0.25, 0.3) is 5.91 Å². The normalized spacial score (nSPS) is 12.1. The lowest BCUT2D eigenvalue weighted by Gasteiger charge is -2.15. The van der Waals surface area contributed by atoms with Crippen LogP contribution in [0.2, 0.25) is 0 Å². The molecule has 1 rings (SSSR count). The highest BCUT2D eigenvalue weighted by atomic mass is 16.2. The number of amides is 2. The van der Waals surface area contributed by atoms with Gasteiger partial charge in [-0.1, -0.05) is 13.8 Å². The highest BCUT2D eigenvalue weighted by Gasteiger charge is 2.16. The van der Waals surface area contributed by atoms with Gasteiger partial charge in [0.15, 0.2) is 0 Å². The number of rotatable bonds is 5. The Labute approximate surface area is 119 Å². The Morgan fingerprint density at radius 3 is 2.45 bits per heavy atom. The van der Waals surface area contributed by atoms with E-state index in [4.69, 9.17) is 5.73 Å². The number of aryl methyl sites for hydroxylation is 1. The molecule has 1 aromatic rings. The summed E-state index contributed by atoms with van der Waals surface area (Å²) in [5.41, 5.74) is 7.70. The van der Waals surface area contributed by atoms with E-state index in [-0.39, 0.29) is 11.8 Å². The Morgan fingerprint density at radius 2 is 1.90 bits per heavy atom. The van der Waals surface area contributed by atoms with Crippen molar-refractivity contribution >= 4 is 17.5 Å². The third-order valence-corrected chi connectivity index (χ3v) is 2.96.